The fourth-order valence-corrected chi connectivity index (χ4v) is 4.36. The van der Waals surface area contributed by atoms with E-state index in [1.54, 1.807) is 20.1 Å². The standard InChI is InChI=1S/C13H21BrN2O3S/c1-4-16(5-6-19-3)20(17,18)12-8-11(9-15)7-10(2)13(12)14/h7-8H,4-6,9,15H2,1-3H3. The summed E-state index contributed by atoms with van der Waals surface area (Å²) in [6.45, 7) is 5.05. The zero-order chi connectivity index (χ0) is 15.3. The van der Waals surface area contributed by atoms with E-state index in [1.807, 2.05) is 13.0 Å². The van der Waals surface area contributed by atoms with Crippen molar-refractivity contribution in [1.29, 1.82) is 0 Å². The zero-order valence-corrected chi connectivity index (χ0v) is 14.4. The monoisotopic (exact) mass is 364 g/mol. The van der Waals surface area contributed by atoms with E-state index in [1.165, 1.54) is 4.31 Å². The van der Waals surface area contributed by atoms with Gasteiger partial charge in [-0.2, -0.15) is 4.31 Å². The number of likely N-dealkylation sites (N-methyl/N-ethyl adjacent to an activating group) is 1. The number of halogens is 1. The molecule has 0 aromatic heterocycles. The van der Waals surface area contributed by atoms with Crippen LogP contribution in [0.25, 0.3) is 0 Å². The van der Waals surface area contributed by atoms with E-state index >= 15 is 0 Å². The number of hydrogen-bond donors (Lipinski definition) is 1. The van der Waals surface area contributed by atoms with Gasteiger partial charge in [0.05, 0.1) is 11.5 Å². The van der Waals surface area contributed by atoms with Gasteiger partial charge >= 0.3 is 0 Å². The molecule has 5 nitrogen and oxygen atoms in total. The summed E-state index contributed by atoms with van der Waals surface area (Å²) in [5.74, 6) is 0. The minimum Gasteiger partial charge on any atom is -0.383 e. The SMILES string of the molecule is CCN(CCOC)S(=O)(=O)c1cc(CN)cc(C)c1Br. The molecular weight excluding hydrogens is 344 g/mol. The number of nitrogens with two attached hydrogens (primary N) is 1. The van der Waals surface area contributed by atoms with Crippen molar-refractivity contribution in [2.24, 2.45) is 5.73 Å². The second-order valence-electron chi connectivity index (χ2n) is 4.42. The molecule has 7 heteroatoms. The largest absolute Gasteiger partial charge is 0.383 e. The van der Waals surface area contributed by atoms with Crippen LogP contribution >= 0.6 is 15.9 Å². The number of rotatable bonds is 7. The Balaban J connectivity index is 3.29. The number of sulfonamides is 1. The number of methoxy groups -OCH3 is 1. The third-order valence-corrected chi connectivity index (χ3v) is 6.35. The summed E-state index contributed by atoms with van der Waals surface area (Å²) >= 11 is 3.37. The first-order valence-electron chi connectivity index (χ1n) is 6.36. The van der Waals surface area contributed by atoms with Crippen LogP contribution < -0.4 is 5.73 Å². The van der Waals surface area contributed by atoms with Crippen molar-refractivity contribution < 1.29 is 13.2 Å². The van der Waals surface area contributed by atoms with E-state index in [0.29, 0.717) is 30.7 Å². The first-order chi connectivity index (χ1) is 9.38. The summed E-state index contributed by atoms with van der Waals surface area (Å²) in [6.07, 6.45) is 0. The third-order valence-electron chi connectivity index (χ3n) is 3.03. The van der Waals surface area contributed by atoms with Crippen LogP contribution in [0.1, 0.15) is 18.1 Å². The Bertz CT molecular complexity index is 561. The van der Waals surface area contributed by atoms with Crippen molar-refractivity contribution in [2.75, 3.05) is 26.8 Å². The highest BCUT2D eigenvalue weighted by Crippen LogP contribution is 2.29. The second-order valence-corrected chi connectivity index (χ2v) is 7.12. The molecule has 114 valence electrons. The molecule has 1 aromatic carbocycles. The first-order valence-corrected chi connectivity index (χ1v) is 8.60. The van der Waals surface area contributed by atoms with Crippen molar-refractivity contribution >= 4 is 26.0 Å². The molecule has 0 aliphatic rings. The minimum atomic E-state index is -3.56. The van der Waals surface area contributed by atoms with E-state index in [-0.39, 0.29) is 4.90 Å². The summed E-state index contributed by atoms with van der Waals surface area (Å²) in [5.41, 5.74) is 7.28. The Kier molecular flexibility index (Phi) is 6.60. The van der Waals surface area contributed by atoms with E-state index < -0.39 is 10.0 Å². The van der Waals surface area contributed by atoms with Crippen LogP contribution in [0.4, 0.5) is 0 Å². The van der Waals surface area contributed by atoms with Crippen LogP contribution in [0.2, 0.25) is 0 Å². The molecule has 0 saturated carbocycles. The molecule has 0 bridgehead atoms. The van der Waals surface area contributed by atoms with Gasteiger partial charge in [0.25, 0.3) is 0 Å². The van der Waals surface area contributed by atoms with Gasteiger partial charge in [0.15, 0.2) is 0 Å². The molecule has 0 saturated heterocycles. The molecular formula is C13H21BrN2O3S. The van der Waals surface area contributed by atoms with Crippen LogP contribution in [0, 0.1) is 6.92 Å². The van der Waals surface area contributed by atoms with Crippen LogP contribution in [-0.2, 0) is 21.3 Å². The average Bonchev–Trinajstić information content (AvgIpc) is 2.42. The maximum Gasteiger partial charge on any atom is 0.244 e. The molecule has 2 N–H and O–H groups in total. The van der Waals surface area contributed by atoms with Gasteiger partial charge in [0.1, 0.15) is 0 Å². The minimum absolute atomic E-state index is 0.260. The molecule has 0 aliphatic carbocycles. The van der Waals surface area contributed by atoms with Gasteiger partial charge in [0, 0.05) is 31.2 Å². The van der Waals surface area contributed by atoms with Crippen molar-refractivity contribution in [2.45, 2.75) is 25.3 Å². The molecule has 1 rings (SSSR count). The Morgan fingerprint density at radius 3 is 2.55 bits per heavy atom. The smallest absolute Gasteiger partial charge is 0.244 e. The van der Waals surface area contributed by atoms with Gasteiger partial charge < -0.3 is 10.5 Å². The van der Waals surface area contributed by atoms with E-state index in [9.17, 15) is 8.42 Å². The van der Waals surface area contributed by atoms with E-state index in [4.69, 9.17) is 10.5 Å². The summed E-state index contributed by atoms with van der Waals surface area (Å²) in [4.78, 5) is 0.260. The maximum atomic E-state index is 12.7. The fourth-order valence-electron chi connectivity index (χ4n) is 1.90. The Labute approximate surface area is 129 Å². The summed E-state index contributed by atoms with van der Waals surface area (Å²) in [7, 11) is -2.01. The molecule has 1 aromatic rings. The third kappa shape index (κ3) is 3.79. The van der Waals surface area contributed by atoms with E-state index in [2.05, 4.69) is 15.9 Å². The predicted molar refractivity (Wildman–Crippen MR) is 83.1 cm³/mol. The lowest BCUT2D eigenvalue weighted by Gasteiger charge is -2.22. The molecule has 0 spiro atoms. The van der Waals surface area contributed by atoms with Crippen molar-refractivity contribution in [3.63, 3.8) is 0 Å². The number of aryl methyl sites for hydroxylation is 1. The first kappa shape index (κ1) is 17.6. The lowest BCUT2D eigenvalue weighted by molar-refractivity contribution is 0.180. The lowest BCUT2D eigenvalue weighted by atomic mass is 10.1. The fraction of sp³-hybridized carbons (Fsp3) is 0.538. The van der Waals surface area contributed by atoms with Crippen molar-refractivity contribution in [1.82, 2.24) is 4.31 Å². The highest BCUT2D eigenvalue weighted by molar-refractivity contribution is 9.10. The Hall–Kier alpha value is -0.470. The summed E-state index contributed by atoms with van der Waals surface area (Å²) in [5, 5.41) is 0. The van der Waals surface area contributed by atoms with Gasteiger partial charge in [-0.05, 0) is 40.0 Å². The highest BCUT2D eigenvalue weighted by atomic mass is 79.9. The van der Waals surface area contributed by atoms with Gasteiger partial charge in [-0.25, -0.2) is 8.42 Å². The van der Waals surface area contributed by atoms with Crippen molar-refractivity contribution in [3.05, 3.63) is 27.7 Å². The molecule has 0 heterocycles. The molecule has 0 atom stereocenters. The lowest BCUT2D eigenvalue weighted by Crippen LogP contribution is -2.34. The Morgan fingerprint density at radius 2 is 2.05 bits per heavy atom. The van der Waals surface area contributed by atoms with Crippen molar-refractivity contribution in [3.8, 4) is 0 Å². The molecule has 0 fully saturated rings. The number of hydrogen-bond acceptors (Lipinski definition) is 4. The van der Waals surface area contributed by atoms with Crippen LogP contribution in [0.5, 0.6) is 0 Å². The molecule has 20 heavy (non-hydrogen) atoms. The maximum absolute atomic E-state index is 12.7. The van der Waals surface area contributed by atoms with Crippen LogP contribution in [-0.4, -0.2) is 39.5 Å². The van der Waals surface area contributed by atoms with Crippen LogP contribution in [0.3, 0.4) is 0 Å². The summed E-state index contributed by atoms with van der Waals surface area (Å²) < 4.78 is 32.4. The molecule has 0 radical (unpaired) electrons. The van der Waals surface area contributed by atoms with Gasteiger partial charge in [0.2, 0.25) is 10.0 Å². The quantitative estimate of drug-likeness (QED) is 0.801. The molecule has 0 amide bonds. The average molecular weight is 365 g/mol. The number of nitrogens with zero attached hydrogens (tertiary/aromatic N) is 1. The normalized spacial score (nSPS) is 12.1. The zero-order valence-electron chi connectivity index (χ0n) is 12.0. The van der Waals surface area contributed by atoms with Gasteiger partial charge in [-0.15, -0.1) is 0 Å². The Morgan fingerprint density at radius 1 is 1.40 bits per heavy atom. The van der Waals surface area contributed by atoms with Gasteiger partial charge in [-0.3, -0.25) is 0 Å². The topological polar surface area (TPSA) is 72.6 Å². The molecule has 0 aliphatic heterocycles. The van der Waals surface area contributed by atoms with Crippen LogP contribution in [0.15, 0.2) is 21.5 Å². The predicted octanol–water partition coefficient (Wildman–Crippen LogP) is 1.87. The summed E-state index contributed by atoms with van der Waals surface area (Å²) in [6, 6.07) is 3.51. The number of benzene rings is 1. The number of ether oxygens (including phenoxy) is 1. The van der Waals surface area contributed by atoms with E-state index in [0.717, 1.165) is 11.1 Å². The van der Waals surface area contributed by atoms with Gasteiger partial charge in [-0.1, -0.05) is 13.0 Å². The highest BCUT2D eigenvalue weighted by Gasteiger charge is 2.26. The second kappa shape index (κ2) is 7.51. The molecule has 0 unspecified atom stereocenters.